The van der Waals surface area contributed by atoms with E-state index >= 15 is 0 Å². The summed E-state index contributed by atoms with van der Waals surface area (Å²) in [6.07, 6.45) is 0. The van der Waals surface area contributed by atoms with Gasteiger partial charge in [0, 0.05) is 11.8 Å². The fourth-order valence-electron chi connectivity index (χ4n) is 3.61. The highest BCUT2D eigenvalue weighted by Crippen LogP contribution is 2.66. The van der Waals surface area contributed by atoms with E-state index in [0.29, 0.717) is 24.3 Å². The number of halogens is 10. The van der Waals surface area contributed by atoms with Crippen LogP contribution in [0.5, 0.6) is 0 Å². The van der Waals surface area contributed by atoms with Gasteiger partial charge < -0.3 is 10.2 Å². The van der Waals surface area contributed by atoms with Crippen LogP contribution in [0.2, 0.25) is 0 Å². The van der Waals surface area contributed by atoms with Crippen LogP contribution in [0.4, 0.5) is 26.3 Å². The maximum atomic E-state index is 13.0. The van der Waals surface area contributed by atoms with Crippen LogP contribution in [0, 0.1) is 46.7 Å². The van der Waals surface area contributed by atoms with Gasteiger partial charge in [0.2, 0.25) is 0 Å². The van der Waals surface area contributed by atoms with Crippen molar-refractivity contribution in [2.24, 2.45) is 11.8 Å². The summed E-state index contributed by atoms with van der Waals surface area (Å²) in [6, 6.07) is 2.80. The van der Waals surface area contributed by atoms with Crippen LogP contribution >= 0.6 is 46.4 Å². The van der Waals surface area contributed by atoms with E-state index in [-0.39, 0.29) is 11.1 Å². The highest BCUT2D eigenvalue weighted by molar-refractivity contribution is 6.53. The van der Waals surface area contributed by atoms with Crippen LogP contribution in [-0.2, 0) is 9.59 Å². The van der Waals surface area contributed by atoms with Gasteiger partial charge in [-0.3, -0.25) is 9.59 Å². The molecule has 0 radical (unpaired) electrons. The molecule has 2 aromatic carbocycles. The van der Waals surface area contributed by atoms with Gasteiger partial charge in [0.25, 0.3) is 0 Å². The van der Waals surface area contributed by atoms with E-state index < -0.39 is 79.2 Å². The Morgan fingerprint density at radius 2 is 0.853 bits per heavy atom. The Bertz CT molecular complexity index is 1050. The molecular weight excluding hydrogens is 560 g/mol. The lowest BCUT2D eigenvalue weighted by molar-refractivity contribution is -0.139. The van der Waals surface area contributed by atoms with E-state index in [1.54, 1.807) is 0 Å². The Balaban J connectivity index is 0.000000191. The monoisotopic (exact) mass is 568 g/mol. The van der Waals surface area contributed by atoms with Crippen molar-refractivity contribution in [3.8, 4) is 0 Å². The smallest absolute Gasteiger partial charge is 0.310 e. The van der Waals surface area contributed by atoms with Gasteiger partial charge >= 0.3 is 11.9 Å². The molecule has 14 heteroatoms. The predicted octanol–water partition coefficient (Wildman–Crippen LogP) is 6.15. The van der Waals surface area contributed by atoms with Crippen molar-refractivity contribution >= 4 is 58.3 Å². The molecule has 2 aliphatic rings. The Morgan fingerprint density at radius 1 is 0.618 bits per heavy atom. The molecule has 0 aliphatic heterocycles. The fraction of sp³-hybridized carbons (Fsp3) is 0.300. The number of carboxylic acids is 2. The zero-order valence-corrected chi connectivity index (χ0v) is 19.1. The lowest BCUT2D eigenvalue weighted by Crippen LogP contribution is -2.03. The number of hydrogen-bond donors (Lipinski definition) is 2. The number of aliphatic carboxylic acids is 2. The molecule has 4 nitrogen and oxygen atoms in total. The van der Waals surface area contributed by atoms with Crippen molar-refractivity contribution in [3.05, 3.63) is 70.3 Å². The predicted molar refractivity (Wildman–Crippen MR) is 109 cm³/mol. The second-order valence-corrected chi connectivity index (χ2v) is 10.4. The van der Waals surface area contributed by atoms with Gasteiger partial charge in [0.1, 0.15) is 8.67 Å². The minimum Gasteiger partial charge on any atom is -0.481 e. The maximum Gasteiger partial charge on any atom is 0.310 e. The Hall–Kier alpha value is -1.88. The first-order valence-corrected chi connectivity index (χ1v) is 10.5. The van der Waals surface area contributed by atoms with Crippen LogP contribution in [0.1, 0.15) is 23.0 Å². The van der Waals surface area contributed by atoms with E-state index in [2.05, 4.69) is 0 Å². The van der Waals surface area contributed by atoms with E-state index in [4.69, 9.17) is 56.6 Å². The number of hydrogen-bond acceptors (Lipinski definition) is 2. The molecule has 2 N–H and O–H groups in total. The molecule has 34 heavy (non-hydrogen) atoms. The van der Waals surface area contributed by atoms with Crippen molar-refractivity contribution in [3.63, 3.8) is 0 Å². The zero-order chi connectivity index (χ0) is 25.9. The number of carbonyl (C=O) groups is 2. The van der Waals surface area contributed by atoms with Gasteiger partial charge in [-0.05, 0) is 35.4 Å². The van der Waals surface area contributed by atoms with Gasteiger partial charge in [0.05, 0.1) is 11.8 Å². The molecule has 2 saturated carbocycles. The average molecular weight is 570 g/mol. The molecule has 2 aliphatic carbocycles. The average Bonchev–Trinajstić information content (AvgIpc) is 3.51. The number of carboxylic acid groups (broad SMARTS) is 2. The highest BCUT2D eigenvalue weighted by Gasteiger charge is 2.69. The highest BCUT2D eigenvalue weighted by atomic mass is 35.5. The number of rotatable bonds is 4. The van der Waals surface area contributed by atoms with Gasteiger partial charge in [-0.1, -0.05) is 46.4 Å². The van der Waals surface area contributed by atoms with Gasteiger partial charge in [-0.25, -0.2) is 26.3 Å². The molecule has 0 heterocycles. The summed E-state index contributed by atoms with van der Waals surface area (Å²) in [7, 11) is 0. The third kappa shape index (κ3) is 4.65. The second kappa shape index (κ2) is 8.96. The lowest BCUT2D eigenvalue weighted by Gasteiger charge is -2.02. The van der Waals surface area contributed by atoms with Crippen molar-refractivity contribution in [1.29, 1.82) is 0 Å². The summed E-state index contributed by atoms with van der Waals surface area (Å²) >= 11 is 22.8. The third-order valence-electron chi connectivity index (χ3n) is 5.37. The summed E-state index contributed by atoms with van der Waals surface area (Å²) in [5.41, 5.74) is -0.141. The molecule has 4 rings (SSSR count). The summed E-state index contributed by atoms with van der Waals surface area (Å²) in [6.45, 7) is 0. The van der Waals surface area contributed by atoms with Crippen LogP contribution in [-0.4, -0.2) is 30.8 Å². The van der Waals surface area contributed by atoms with Crippen molar-refractivity contribution in [2.45, 2.75) is 20.5 Å². The molecule has 184 valence electrons. The molecule has 0 bridgehead atoms. The summed E-state index contributed by atoms with van der Waals surface area (Å²) in [4.78, 5) is 21.5. The summed E-state index contributed by atoms with van der Waals surface area (Å²) in [5.74, 6) is -15.6. The van der Waals surface area contributed by atoms with Crippen LogP contribution in [0.3, 0.4) is 0 Å². The van der Waals surface area contributed by atoms with E-state index in [1.807, 2.05) is 0 Å². The quantitative estimate of drug-likeness (QED) is 0.263. The van der Waals surface area contributed by atoms with Crippen molar-refractivity contribution < 1.29 is 46.1 Å². The number of benzene rings is 2. The van der Waals surface area contributed by atoms with Crippen LogP contribution in [0.25, 0.3) is 0 Å². The van der Waals surface area contributed by atoms with E-state index in [1.165, 1.54) is 0 Å². The molecule has 4 atom stereocenters. The Morgan fingerprint density at radius 3 is 1.03 bits per heavy atom. The van der Waals surface area contributed by atoms with Crippen molar-refractivity contribution in [2.75, 3.05) is 0 Å². The first-order valence-electron chi connectivity index (χ1n) is 9.03. The van der Waals surface area contributed by atoms with Gasteiger partial charge in [0.15, 0.2) is 34.9 Å². The second-order valence-electron chi connectivity index (χ2n) is 7.53. The van der Waals surface area contributed by atoms with Crippen LogP contribution in [0.15, 0.2) is 24.3 Å². The molecule has 0 spiro atoms. The van der Waals surface area contributed by atoms with E-state index in [9.17, 15) is 35.9 Å². The molecule has 0 unspecified atom stereocenters. The normalized spacial score (nSPS) is 25.7. The SMILES string of the molecule is O=C(O)[C@@H]1[C@@H](c2cc(F)c(F)c(F)c2)C1(Cl)Cl.O=C(O)[C@H]1[C@H](c2cc(F)c(F)c(F)c2)C1(Cl)Cl. The van der Waals surface area contributed by atoms with Crippen molar-refractivity contribution in [1.82, 2.24) is 0 Å². The molecule has 0 amide bonds. The molecule has 2 fully saturated rings. The zero-order valence-electron chi connectivity index (χ0n) is 16.1. The third-order valence-corrected chi connectivity index (χ3v) is 7.25. The Labute approximate surface area is 207 Å². The largest absolute Gasteiger partial charge is 0.481 e. The minimum absolute atomic E-state index is 0.0706. The molecular formula is C20H10Cl4F6O4. The topological polar surface area (TPSA) is 74.6 Å². The molecule has 2 aromatic rings. The van der Waals surface area contributed by atoms with Crippen LogP contribution < -0.4 is 0 Å². The summed E-state index contributed by atoms with van der Waals surface area (Å²) < 4.78 is 74.0. The Kier molecular flexibility index (Phi) is 7.04. The molecule has 0 saturated heterocycles. The van der Waals surface area contributed by atoms with Gasteiger partial charge in [-0.2, -0.15) is 0 Å². The first kappa shape index (κ1) is 26.7. The standard InChI is InChI=1S/2C10H5Cl2F3O2/c2*11-10(12)6(7(10)9(16)17)3-1-4(13)8(15)5(14)2-3/h2*1-2,6-7H,(H,16,17)/t2*6-,7+/m10/s1. The first-order chi connectivity index (χ1) is 15.5. The lowest BCUT2D eigenvalue weighted by atomic mass is 10.1. The molecule has 0 aromatic heterocycles. The minimum atomic E-state index is -1.62. The number of alkyl halides is 4. The fourth-order valence-corrected chi connectivity index (χ4v) is 5.24. The van der Waals surface area contributed by atoms with Gasteiger partial charge in [-0.15, -0.1) is 0 Å². The van der Waals surface area contributed by atoms with E-state index in [0.717, 1.165) is 0 Å². The maximum absolute atomic E-state index is 13.0. The summed E-state index contributed by atoms with van der Waals surface area (Å²) in [5, 5.41) is 17.6.